The van der Waals surface area contributed by atoms with Gasteiger partial charge in [-0.2, -0.15) is 0 Å². The Morgan fingerprint density at radius 2 is 2.04 bits per heavy atom. The van der Waals surface area contributed by atoms with Gasteiger partial charge in [-0.15, -0.1) is 0 Å². The van der Waals surface area contributed by atoms with Crippen molar-refractivity contribution in [1.82, 2.24) is 0 Å². The third-order valence-corrected chi connectivity index (χ3v) is 6.19. The molecule has 4 heteroatoms. The second kappa shape index (κ2) is 7.65. The van der Waals surface area contributed by atoms with E-state index in [4.69, 9.17) is 9.47 Å². The predicted molar refractivity (Wildman–Crippen MR) is 105 cm³/mol. The summed E-state index contributed by atoms with van der Waals surface area (Å²) in [6.45, 7) is 9.78. The van der Waals surface area contributed by atoms with Crippen LogP contribution in [-0.2, 0) is 16.0 Å². The summed E-state index contributed by atoms with van der Waals surface area (Å²) in [4.78, 5) is 24.1. The quantitative estimate of drug-likeness (QED) is 0.404. The zero-order valence-electron chi connectivity index (χ0n) is 17.3. The molecule has 1 aromatic rings. The summed E-state index contributed by atoms with van der Waals surface area (Å²) >= 11 is 0. The van der Waals surface area contributed by atoms with Crippen LogP contribution in [0.1, 0.15) is 83.8 Å². The highest BCUT2D eigenvalue weighted by atomic mass is 16.5. The van der Waals surface area contributed by atoms with Gasteiger partial charge in [0.15, 0.2) is 0 Å². The van der Waals surface area contributed by atoms with Gasteiger partial charge in [-0.3, -0.25) is 9.59 Å². The van der Waals surface area contributed by atoms with Crippen LogP contribution >= 0.6 is 0 Å². The first-order valence-electron chi connectivity index (χ1n) is 10.3. The first kappa shape index (κ1) is 19.9. The molecule has 2 unspecified atom stereocenters. The number of aryl methyl sites for hydroxylation is 1. The third-order valence-electron chi connectivity index (χ3n) is 6.19. The van der Waals surface area contributed by atoms with Gasteiger partial charge in [0.1, 0.15) is 22.9 Å². The second-order valence-electron chi connectivity index (χ2n) is 8.78. The SMILES string of the molecule is CCCCCc1cc(OC(C)=O)c2c(c1)OC(C)(C)[C@@H]1CC(=O)C(C)CC21. The zero-order valence-corrected chi connectivity index (χ0v) is 17.3. The van der Waals surface area contributed by atoms with Crippen LogP contribution in [0, 0.1) is 11.8 Å². The number of ketones is 1. The monoisotopic (exact) mass is 372 g/mol. The molecule has 4 nitrogen and oxygen atoms in total. The van der Waals surface area contributed by atoms with Crippen molar-refractivity contribution in [2.45, 2.75) is 84.7 Å². The fraction of sp³-hybridized carbons (Fsp3) is 0.652. The Morgan fingerprint density at radius 3 is 2.70 bits per heavy atom. The van der Waals surface area contributed by atoms with Crippen molar-refractivity contribution >= 4 is 11.8 Å². The average Bonchev–Trinajstić information content (AvgIpc) is 2.55. The van der Waals surface area contributed by atoms with Crippen molar-refractivity contribution in [3.63, 3.8) is 0 Å². The molecule has 0 bridgehead atoms. The summed E-state index contributed by atoms with van der Waals surface area (Å²) in [5.41, 5.74) is 1.71. The summed E-state index contributed by atoms with van der Waals surface area (Å²) in [6.07, 6.45) is 5.71. The molecule has 1 saturated carbocycles. The maximum Gasteiger partial charge on any atom is 0.308 e. The van der Waals surface area contributed by atoms with Gasteiger partial charge in [0.25, 0.3) is 0 Å². The fourth-order valence-corrected chi connectivity index (χ4v) is 4.71. The van der Waals surface area contributed by atoms with Gasteiger partial charge in [-0.05, 0) is 56.7 Å². The lowest BCUT2D eigenvalue weighted by Crippen LogP contribution is -2.49. The van der Waals surface area contributed by atoms with E-state index in [0.29, 0.717) is 18.0 Å². The number of hydrogen-bond acceptors (Lipinski definition) is 4. The Bertz CT molecular complexity index is 734. The molecule has 2 aliphatic rings. The van der Waals surface area contributed by atoms with Gasteiger partial charge in [0.05, 0.1) is 0 Å². The van der Waals surface area contributed by atoms with Gasteiger partial charge < -0.3 is 9.47 Å². The van der Waals surface area contributed by atoms with Gasteiger partial charge in [-0.25, -0.2) is 0 Å². The Balaban J connectivity index is 2.05. The van der Waals surface area contributed by atoms with E-state index in [2.05, 4.69) is 26.8 Å². The molecule has 1 aromatic carbocycles. The van der Waals surface area contributed by atoms with E-state index in [9.17, 15) is 9.59 Å². The van der Waals surface area contributed by atoms with Gasteiger partial charge in [-0.1, -0.05) is 26.7 Å². The molecule has 27 heavy (non-hydrogen) atoms. The van der Waals surface area contributed by atoms with Crippen molar-refractivity contribution in [3.8, 4) is 11.5 Å². The summed E-state index contributed by atoms with van der Waals surface area (Å²) in [5, 5.41) is 0. The first-order chi connectivity index (χ1) is 12.7. The summed E-state index contributed by atoms with van der Waals surface area (Å²) in [7, 11) is 0. The Morgan fingerprint density at radius 1 is 1.30 bits per heavy atom. The third kappa shape index (κ3) is 4.04. The number of unbranched alkanes of at least 4 members (excludes halogenated alkanes) is 2. The molecule has 1 heterocycles. The van der Waals surface area contributed by atoms with E-state index in [1.165, 1.54) is 19.8 Å². The molecule has 0 spiro atoms. The van der Waals surface area contributed by atoms with Crippen LogP contribution in [0.3, 0.4) is 0 Å². The van der Waals surface area contributed by atoms with Gasteiger partial charge in [0.2, 0.25) is 0 Å². The lowest BCUT2D eigenvalue weighted by Gasteiger charge is -2.48. The van der Waals surface area contributed by atoms with Gasteiger partial charge in [0, 0.05) is 30.7 Å². The van der Waals surface area contributed by atoms with E-state index in [0.717, 1.165) is 36.1 Å². The van der Waals surface area contributed by atoms with E-state index in [1.807, 2.05) is 13.0 Å². The molecule has 0 radical (unpaired) electrons. The molecule has 0 aromatic heterocycles. The minimum absolute atomic E-state index is 0.0300. The fourth-order valence-electron chi connectivity index (χ4n) is 4.71. The van der Waals surface area contributed by atoms with Crippen LogP contribution in [0.25, 0.3) is 0 Å². The van der Waals surface area contributed by atoms with Gasteiger partial charge >= 0.3 is 5.97 Å². The molecular weight excluding hydrogens is 340 g/mol. The van der Waals surface area contributed by atoms with Crippen LogP contribution < -0.4 is 9.47 Å². The zero-order chi connectivity index (χ0) is 19.8. The minimum Gasteiger partial charge on any atom is -0.487 e. The molecule has 3 atom stereocenters. The largest absolute Gasteiger partial charge is 0.487 e. The normalized spacial score (nSPS) is 26.0. The predicted octanol–water partition coefficient (Wildman–Crippen LogP) is 5.21. The molecule has 0 amide bonds. The number of Topliss-reactive ketones (excluding diaryl/α,β-unsaturated/α-hetero) is 1. The van der Waals surface area contributed by atoms with E-state index >= 15 is 0 Å². The highest BCUT2D eigenvalue weighted by molar-refractivity contribution is 5.82. The number of benzene rings is 1. The molecule has 1 aliphatic heterocycles. The summed E-state index contributed by atoms with van der Waals surface area (Å²) in [6, 6.07) is 4.13. The van der Waals surface area contributed by atoms with Crippen LogP contribution in [0.2, 0.25) is 0 Å². The van der Waals surface area contributed by atoms with Crippen molar-refractivity contribution < 1.29 is 19.1 Å². The number of hydrogen-bond donors (Lipinski definition) is 0. The second-order valence-corrected chi connectivity index (χ2v) is 8.78. The maximum absolute atomic E-state index is 12.4. The van der Waals surface area contributed by atoms with E-state index < -0.39 is 5.60 Å². The summed E-state index contributed by atoms with van der Waals surface area (Å²) in [5.74, 6) is 1.75. The lowest BCUT2D eigenvalue weighted by molar-refractivity contribution is -0.133. The first-order valence-corrected chi connectivity index (χ1v) is 10.3. The topological polar surface area (TPSA) is 52.6 Å². The van der Waals surface area contributed by atoms with Crippen LogP contribution in [0.15, 0.2) is 12.1 Å². The molecule has 0 saturated heterocycles. The van der Waals surface area contributed by atoms with Crippen molar-refractivity contribution in [3.05, 3.63) is 23.3 Å². The van der Waals surface area contributed by atoms with Crippen molar-refractivity contribution in [1.29, 1.82) is 0 Å². The maximum atomic E-state index is 12.4. The van der Waals surface area contributed by atoms with Crippen LogP contribution in [0.5, 0.6) is 11.5 Å². The molecule has 0 N–H and O–H groups in total. The smallest absolute Gasteiger partial charge is 0.308 e. The highest BCUT2D eigenvalue weighted by Gasteiger charge is 2.49. The number of carbonyl (C=O) groups excluding carboxylic acids is 2. The van der Waals surface area contributed by atoms with Crippen LogP contribution in [0.4, 0.5) is 0 Å². The molecular formula is C23H32O4. The number of rotatable bonds is 5. The standard InChI is InChI=1S/C23H32O4/c1-6-7-8-9-16-11-20(26-15(3)24)22-17-10-14(2)19(25)13-18(17)23(4,5)27-21(22)12-16/h11-12,14,17-18H,6-10,13H2,1-5H3/t14?,17?,18-/m1/s1. The number of ether oxygens (including phenoxy) is 2. The summed E-state index contributed by atoms with van der Waals surface area (Å²) < 4.78 is 12.0. The van der Waals surface area contributed by atoms with Crippen molar-refractivity contribution in [2.24, 2.45) is 11.8 Å². The Labute approximate surface area is 162 Å². The van der Waals surface area contributed by atoms with E-state index in [-0.39, 0.29) is 23.7 Å². The number of esters is 1. The Hall–Kier alpha value is -1.84. The Kier molecular flexibility index (Phi) is 5.64. The number of fused-ring (bicyclic) bond motifs is 3. The number of carbonyl (C=O) groups is 2. The minimum atomic E-state index is -0.414. The molecule has 1 aliphatic carbocycles. The molecule has 148 valence electrons. The van der Waals surface area contributed by atoms with Crippen molar-refractivity contribution in [2.75, 3.05) is 0 Å². The molecule has 3 rings (SSSR count). The van der Waals surface area contributed by atoms with Crippen LogP contribution in [-0.4, -0.2) is 17.4 Å². The van der Waals surface area contributed by atoms with E-state index in [1.54, 1.807) is 0 Å². The lowest BCUT2D eigenvalue weighted by atomic mass is 9.63. The average molecular weight is 373 g/mol. The highest BCUT2D eigenvalue weighted by Crippen LogP contribution is 2.55. The molecule has 1 fully saturated rings.